The number of hydrogen-bond acceptors (Lipinski definition) is 3. The summed E-state index contributed by atoms with van der Waals surface area (Å²) in [7, 11) is 0. The Morgan fingerprint density at radius 2 is 1.75 bits per heavy atom. The Morgan fingerprint density at radius 1 is 1.10 bits per heavy atom. The van der Waals surface area contributed by atoms with Crippen molar-refractivity contribution in [3.05, 3.63) is 35.9 Å². The van der Waals surface area contributed by atoms with Gasteiger partial charge in [0, 0.05) is 26.2 Å². The Kier molecular flexibility index (Phi) is 9.58. The molecule has 0 bridgehead atoms. The quantitative estimate of drug-likeness (QED) is 0.749. The van der Waals surface area contributed by atoms with E-state index < -0.39 is 12.8 Å². The van der Waals surface area contributed by atoms with Gasteiger partial charge in [0.15, 0.2) is 0 Å². The van der Waals surface area contributed by atoms with E-state index in [0.717, 1.165) is 5.56 Å². The van der Waals surface area contributed by atoms with Crippen LogP contribution in [0.2, 0.25) is 0 Å². The van der Waals surface area contributed by atoms with Crippen LogP contribution >= 0.6 is 12.4 Å². The highest BCUT2D eigenvalue weighted by molar-refractivity contribution is 5.85. The SMILES string of the molecule is Cl.NCCN(CCOCC(F)(F)F)Cc1ccccc1. The van der Waals surface area contributed by atoms with Gasteiger partial charge in [-0.05, 0) is 5.56 Å². The average molecular weight is 313 g/mol. The van der Waals surface area contributed by atoms with Crippen LogP contribution in [0.15, 0.2) is 30.3 Å². The fourth-order valence-corrected chi connectivity index (χ4v) is 1.68. The Balaban J connectivity index is 0.00000361. The van der Waals surface area contributed by atoms with Crippen LogP contribution in [0, 0.1) is 0 Å². The van der Waals surface area contributed by atoms with E-state index in [0.29, 0.717) is 26.2 Å². The first-order valence-corrected chi connectivity index (χ1v) is 6.12. The van der Waals surface area contributed by atoms with Crippen LogP contribution in [0.1, 0.15) is 5.56 Å². The highest BCUT2D eigenvalue weighted by Crippen LogP contribution is 2.14. The van der Waals surface area contributed by atoms with E-state index in [1.807, 2.05) is 35.2 Å². The van der Waals surface area contributed by atoms with Crippen molar-refractivity contribution in [2.45, 2.75) is 12.7 Å². The van der Waals surface area contributed by atoms with Gasteiger partial charge in [0.1, 0.15) is 6.61 Å². The van der Waals surface area contributed by atoms with Crippen LogP contribution in [0.25, 0.3) is 0 Å². The molecule has 2 N–H and O–H groups in total. The Hall–Kier alpha value is -0.820. The van der Waals surface area contributed by atoms with Crippen molar-refractivity contribution in [3.63, 3.8) is 0 Å². The standard InChI is InChI=1S/C13H19F3N2O.ClH/c14-13(15,16)11-19-9-8-18(7-6-17)10-12-4-2-1-3-5-12;/h1-5H,6-11,17H2;1H. The molecule has 0 saturated carbocycles. The van der Waals surface area contributed by atoms with Gasteiger partial charge in [-0.1, -0.05) is 30.3 Å². The Bertz CT molecular complexity index is 349. The normalized spacial score (nSPS) is 11.4. The molecule has 20 heavy (non-hydrogen) atoms. The minimum Gasteiger partial charge on any atom is -0.371 e. The third-order valence-electron chi connectivity index (χ3n) is 2.51. The lowest BCUT2D eigenvalue weighted by atomic mass is 10.2. The molecule has 0 heterocycles. The Labute approximate surface area is 123 Å². The van der Waals surface area contributed by atoms with Crippen LogP contribution in [-0.2, 0) is 11.3 Å². The molecular formula is C13H20ClF3N2O. The largest absolute Gasteiger partial charge is 0.411 e. The van der Waals surface area contributed by atoms with Crippen molar-refractivity contribution < 1.29 is 17.9 Å². The minimum atomic E-state index is -4.27. The van der Waals surface area contributed by atoms with Gasteiger partial charge in [0.25, 0.3) is 0 Å². The summed E-state index contributed by atoms with van der Waals surface area (Å²) in [5.74, 6) is 0. The second-order valence-corrected chi connectivity index (χ2v) is 4.22. The van der Waals surface area contributed by atoms with Gasteiger partial charge in [-0.25, -0.2) is 0 Å². The molecule has 3 nitrogen and oxygen atoms in total. The number of hydrogen-bond donors (Lipinski definition) is 1. The summed E-state index contributed by atoms with van der Waals surface area (Å²) in [5, 5.41) is 0. The molecule has 7 heteroatoms. The van der Waals surface area contributed by atoms with Crippen LogP contribution < -0.4 is 5.73 Å². The minimum absolute atomic E-state index is 0. The van der Waals surface area contributed by atoms with Gasteiger partial charge in [-0.3, -0.25) is 4.90 Å². The number of rotatable bonds is 8. The zero-order chi connectivity index (χ0) is 14.1. The van der Waals surface area contributed by atoms with Gasteiger partial charge in [-0.2, -0.15) is 13.2 Å². The molecule has 0 fully saturated rings. The summed E-state index contributed by atoms with van der Waals surface area (Å²) in [5.41, 5.74) is 6.60. The van der Waals surface area contributed by atoms with Crippen LogP contribution in [0.3, 0.4) is 0 Å². The number of halogens is 4. The van der Waals surface area contributed by atoms with Crippen molar-refractivity contribution >= 4 is 12.4 Å². The van der Waals surface area contributed by atoms with Gasteiger partial charge in [0.2, 0.25) is 0 Å². The molecule has 0 aliphatic carbocycles. The number of benzene rings is 1. The molecule has 1 aromatic carbocycles. The second kappa shape index (κ2) is 9.99. The van der Waals surface area contributed by atoms with Crippen molar-refractivity contribution in [3.8, 4) is 0 Å². The van der Waals surface area contributed by atoms with E-state index in [1.54, 1.807) is 0 Å². The smallest absolute Gasteiger partial charge is 0.371 e. The lowest BCUT2D eigenvalue weighted by Crippen LogP contribution is -2.33. The van der Waals surface area contributed by atoms with E-state index in [1.165, 1.54) is 0 Å². The maximum absolute atomic E-state index is 11.9. The van der Waals surface area contributed by atoms with Crippen molar-refractivity contribution in [1.82, 2.24) is 4.90 Å². The second-order valence-electron chi connectivity index (χ2n) is 4.22. The fourth-order valence-electron chi connectivity index (χ4n) is 1.68. The molecule has 116 valence electrons. The molecule has 0 radical (unpaired) electrons. The molecule has 0 amide bonds. The maximum Gasteiger partial charge on any atom is 0.411 e. The fraction of sp³-hybridized carbons (Fsp3) is 0.538. The predicted molar refractivity (Wildman–Crippen MR) is 74.9 cm³/mol. The monoisotopic (exact) mass is 312 g/mol. The number of nitrogens with zero attached hydrogens (tertiary/aromatic N) is 1. The molecule has 1 rings (SSSR count). The zero-order valence-electron chi connectivity index (χ0n) is 11.1. The molecule has 0 unspecified atom stereocenters. The number of ether oxygens (including phenoxy) is 1. The van der Waals surface area contributed by atoms with Crippen molar-refractivity contribution in [2.24, 2.45) is 5.73 Å². The third kappa shape index (κ3) is 9.14. The highest BCUT2D eigenvalue weighted by atomic mass is 35.5. The van der Waals surface area contributed by atoms with E-state index in [4.69, 9.17) is 5.73 Å². The lowest BCUT2D eigenvalue weighted by molar-refractivity contribution is -0.174. The number of alkyl halides is 3. The lowest BCUT2D eigenvalue weighted by Gasteiger charge is -2.21. The van der Waals surface area contributed by atoms with Crippen molar-refractivity contribution in [1.29, 1.82) is 0 Å². The summed E-state index contributed by atoms with van der Waals surface area (Å²) >= 11 is 0. The summed E-state index contributed by atoms with van der Waals surface area (Å²) in [6.45, 7) is 1.03. The maximum atomic E-state index is 11.9. The van der Waals surface area contributed by atoms with E-state index in [9.17, 15) is 13.2 Å². The van der Waals surface area contributed by atoms with Gasteiger partial charge in [-0.15, -0.1) is 12.4 Å². The van der Waals surface area contributed by atoms with Crippen LogP contribution in [0.4, 0.5) is 13.2 Å². The first-order valence-electron chi connectivity index (χ1n) is 6.12. The predicted octanol–water partition coefficient (Wildman–Crippen LogP) is 2.45. The van der Waals surface area contributed by atoms with Gasteiger partial charge in [0.05, 0.1) is 6.61 Å². The van der Waals surface area contributed by atoms with Gasteiger partial charge < -0.3 is 10.5 Å². The number of nitrogens with two attached hydrogens (primary N) is 1. The first kappa shape index (κ1) is 19.2. The summed E-state index contributed by atoms with van der Waals surface area (Å²) in [6, 6.07) is 9.72. The zero-order valence-corrected chi connectivity index (χ0v) is 11.9. The molecule has 1 aromatic rings. The molecule has 0 aliphatic rings. The van der Waals surface area contributed by atoms with Crippen LogP contribution in [-0.4, -0.2) is 43.9 Å². The van der Waals surface area contributed by atoms with Crippen LogP contribution in [0.5, 0.6) is 0 Å². The topological polar surface area (TPSA) is 38.5 Å². The van der Waals surface area contributed by atoms with E-state index in [-0.39, 0.29) is 19.0 Å². The average Bonchev–Trinajstić information content (AvgIpc) is 2.35. The van der Waals surface area contributed by atoms with Crippen molar-refractivity contribution in [2.75, 3.05) is 32.8 Å². The molecule has 0 spiro atoms. The molecule has 0 aromatic heterocycles. The van der Waals surface area contributed by atoms with E-state index in [2.05, 4.69) is 4.74 Å². The highest BCUT2D eigenvalue weighted by Gasteiger charge is 2.27. The summed E-state index contributed by atoms with van der Waals surface area (Å²) in [6.07, 6.45) is -4.27. The third-order valence-corrected chi connectivity index (χ3v) is 2.51. The molecule has 0 atom stereocenters. The molecular weight excluding hydrogens is 293 g/mol. The molecule has 0 aliphatic heterocycles. The summed E-state index contributed by atoms with van der Waals surface area (Å²) < 4.78 is 40.4. The Morgan fingerprint density at radius 3 is 2.30 bits per heavy atom. The van der Waals surface area contributed by atoms with Gasteiger partial charge >= 0.3 is 6.18 Å². The molecule has 0 saturated heterocycles. The van der Waals surface area contributed by atoms with E-state index >= 15 is 0 Å². The summed E-state index contributed by atoms with van der Waals surface area (Å²) in [4.78, 5) is 1.98. The first-order chi connectivity index (χ1) is 9.01.